The summed E-state index contributed by atoms with van der Waals surface area (Å²) < 4.78 is 0. The number of aromatic hydroxyl groups is 4. The van der Waals surface area contributed by atoms with Gasteiger partial charge in [-0.2, -0.15) is 0 Å². The second-order valence-corrected chi connectivity index (χ2v) is 6.02. The summed E-state index contributed by atoms with van der Waals surface area (Å²) in [5.74, 6) is -0.230. The lowest BCUT2D eigenvalue weighted by Gasteiger charge is -2.16. The van der Waals surface area contributed by atoms with E-state index in [-0.39, 0.29) is 34.4 Å². The molecule has 0 atom stereocenters. The van der Waals surface area contributed by atoms with E-state index in [1.165, 1.54) is 18.2 Å². The minimum Gasteiger partial charge on any atom is -0.507 e. The molecular weight excluding hydrogens is 332 g/mol. The zero-order valence-corrected chi connectivity index (χ0v) is 13.6. The first kappa shape index (κ1) is 15.7. The smallest absolute Gasteiger partial charge is 0.147 e. The Kier molecular flexibility index (Phi) is 3.40. The van der Waals surface area contributed by atoms with E-state index in [1.807, 2.05) is 0 Å². The van der Waals surface area contributed by atoms with Crippen LogP contribution >= 0.6 is 0 Å². The van der Waals surface area contributed by atoms with Crippen LogP contribution in [0.15, 0.2) is 54.6 Å². The van der Waals surface area contributed by atoms with Crippen LogP contribution in [-0.4, -0.2) is 20.4 Å². The topological polar surface area (TPSA) is 119 Å². The predicted octanol–water partition coefficient (Wildman–Crippen LogP) is 4.14. The predicted molar refractivity (Wildman–Crippen MR) is 102 cm³/mol. The number of nitrogens with one attached hydrogen (secondary N) is 1. The molecule has 0 aromatic heterocycles. The standard InChI is InChI=1S/C20H16N2O4/c21-13-8-14(18-12(19(13)25)6-3-7-16(18)23)22-15-9-17(24)10-4-1-2-5-11(10)20(15)26/h1-9,22-26H,21H2. The van der Waals surface area contributed by atoms with Crippen LogP contribution in [0.5, 0.6) is 23.0 Å². The zero-order valence-electron chi connectivity index (χ0n) is 13.6. The number of benzene rings is 4. The van der Waals surface area contributed by atoms with Crippen LogP contribution < -0.4 is 11.1 Å². The van der Waals surface area contributed by atoms with Crippen molar-refractivity contribution in [3.8, 4) is 23.0 Å². The van der Waals surface area contributed by atoms with Crippen molar-refractivity contribution in [1.82, 2.24) is 0 Å². The van der Waals surface area contributed by atoms with Gasteiger partial charge in [0.15, 0.2) is 0 Å². The Bertz CT molecular complexity index is 1170. The number of rotatable bonds is 2. The van der Waals surface area contributed by atoms with E-state index in [4.69, 9.17) is 5.73 Å². The van der Waals surface area contributed by atoms with Gasteiger partial charge in [0.05, 0.1) is 22.4 Å². The van der Waals surface area contributed by atoms with Crippen LogP contribution in [0, 0.1) is 0 Å². The highest BCUT2D eigenvalue weighted by Gasteiger charge is 2.16. The van der Waals surface area contributed by atoms with Crippen LogP contribution in [0.1, 0.15) is 0 Å². The van der Waals surface area contributed by atoms with Crippen molar-refractivity contribution in [1.29, 1.82) is 0 Å². The van der Waals surface area contributed by atoms with E-state index in [0.717, 1.165) is 0 Å². The lowest BCUT2D eigenvalue weighted by Crippen LogP contribution is -1.96. The summed E-state index contributed by atoms with van der Waals surface area (Å²) in [6.07, 6.45) is 0. The Morgan fingerprint density at radius 1 is 0.654 bits per heavy atom. The van der Waals surface area contributed by atoms with Crippen molar-refractivity contribution < 1.29 is 20.4 Å². The average molecular weight is 348 g/mol. The molecule has 0 aliphatic rings. The molecule has 0 unspecified atom stereocenters. The quantitative estimate of drug-likeness (QED) is 0.184. The molecule has 4 rings (SSSR count). The van der Waals surface area contributed by atoms with Gasteiger partial charge >= 0.3 is 0 Å². The number of phenols is 4. The Labute approximate surface area is 148 Å². The van der Waals surface area contributed by atoms with Crippen LogP contribution in [0.2, 0.25) is 0 Å². The average Bonchev–Trinajstić information content (AvgIpc) is 2.63. The minimum absolute atomic E-state index is 0.00109. The van der Waals surface area contributed by atoms with Gasteiger partial charge in [-0.05, 0) is 12.1 Å². The molecule has 130 valence electrons. The number of nitrogen functional groups attached to an aromatic ring is 1. The number of fused-ring (bicyclic) bond motifs is 2. The molecule has 6 nitrogen and oxygen atoms in total. The molecular formula is C20H16N2O4. The first-order valence-corrected chi connectivity index (χ1v) is 7.91. The van der Waals surface area contributed by atoms with Gasteiger partial charge < -0.3 is 31.5 Å². The third-order valence-electron chi connectivity index (χ3n) is 4.40. The van der Waals surface area contributed by atoms with Gasteiger partial charge in [-0.15, -0.1) is 0 Å². The summed E-state index contributed by atoms with van der Waals surface area (Å²) in [4.78, 5) is 0. The van der Waals surface area contributed by atoms with Crippen LogP contribution in [0.3, 0.4) is 0 Å². The maximum Gasteiger partial charge on any atom is 0.147 e. The van der Waals surface area contributed by atoms with Gasteiger partial charge in [-0.25, -0.2) is 0 Å². The Morgan fingerprint density at radius 3 is 2.12 bits per heavy atom. The fraction of sp³-hybridized carbons (Fsp3) is 0. The lowest BCUT2D eigenvalue weighted by atomic mass is 10.0. The van der Waals surface area contributed by atoms with E-state index in [0.29, 0.717) is 27.2 Å². The van der Waals surface area contributed by atoms with Gasteiger partial charge in [-0.1, -0.05) is 36.4 Å². The molecule has 0 radical (unpaired) electrons. The molecule has 4 aromatic rings. The molecule has 0 bridgehead atoms. The number of hydrogen-bond donors (Lipinski definition) is 6. The second-order valence-electron chi connectivity index (χ2n) is 6.02. The highest BCUT2D eigenvalue weighted by atomic mass is 16.3. The Balaban J connectivity index is 1.95. The van der Waals surface area contributed by atoms with Gasteiger partial charge in [0.2, 0.25) is 0 Å². The first-order chi connectivity index (χ1) is 12.5. The fourth-order valence-electron chi connectivity index (χ4n) is 3.15. The third kappa shape index (κ3) is 2.28. The van der Waals surface area contributed by atoms with Crippen molar-refractivity contribution >= 4 is 38.6 Å². The van der Waals surface area contributed by atoms with E-state index in [2.05, 4.69) is 5.32 Å². The highest BCUT2D eigenvalue weighted by Crippen LogP contribution is 2.44. The summed E-state index contributed by atoms with van der Waals surface area (Å²) in [6, 6.07) is 14.5. The summed E-state index contributed by atoms with van der Waals surface area (Å²) in [7, 11) is 0. The third-order valence-corrected chi connectivity index (χ3v) is 4.40. The van der Waals surface area contributed by atoms with E-state index < -0.39 is 0 Å². The summed E-state index contributed by atoms with van der Waals surface area (Å²) in [6.45, 7) is 0. The summed E-state index contributed by atoms with van der Waals surface area (Å²) in [5, 5.41) is 46.0. The maximum atomic E-state index is 10.6. The number of anilines is 3. The van der Waals surface area contributed by atoms with Crippen molar-refractivity contribution in [3.63, 3.8) is 0 Å². The van der Waals surface area contributed by atoms with E-state index >= 15 is 0 Å². The van der Waals surface area contributed by atoms with Gasteiger partial charge in [0, 0.05) is 22.2 Å². The summed E-state index contributed by atoms with van der Waals surface area (Å²) >= 11 is 0. The maximum absolute atomic E-state index is 10.6. The first-order valence-electron chi connectivity index (χ1n) is 7.91. The SMILES string of the molecule is Nc1cc(Nc2cc(O)c3ccccc3c2O)c2c(O)cccc2c1O. The summed E-state index contributed by atoms with van der Waals surface area (Å²) in [5.41, 5.74) is 6.62. The van der Waals surface area contributed by atoms with E-state index in [9.17, 15) is 20.4 Å². The van der Waals surface area contributed by atoms with E-state index in [1.54, 1.807) is 36.4 Å². The molecule has 0 spiro atoms. The van der Waals surface area contributed by atoms with Gasteiger partial charge in [0.1, 0.15) is 23.0 Å². The normalized spacial score (nSPS) is 11.1. The molecule has 0 heterocycles. The van der Waals surface area contributed by atoms with Crippen molar-refractivity contribution in [2.75, 3.05) is 11.1 Å². The van der Waals surface area contributed by atoms with Crippen LogP contribution in [0.25, 0.3) is 21.5 Å². The molecule has 0 amide bonds. The van der Waals surface area contributed by atoms with Crippen molar-refractivity contribution in [3.05, 3.63) is 54.6 Å². The fourth-order valence-corrected chi connectivity index (χ4v) is 3.15. The van der Waals surface area contributed by atoms with Gasteiger partial charge in [-0.3, -0.25) is 0 Å². The molecule has 26 heavy (non-hydrogen) atoms. The van der Waals surface area contributed by atoms with Crippen LogP contribution in [-0.2, 0) is 0 Å². The van der Waals surface area contributed by atoms with Crippen molar-refractivity contribution in [2.24, 2.45) is 0 Å². The monoisotopic (exact) mass is 348 g/mol. The zero-order chi connectivity index (χ0) is 18.4. The van der Waals surface area contributed by atoms with Gasteiger partial charge in [0.25, 0.3) is 0 Å². The number of phenolic OH excluding ortho intramolecular Hbond substituents is 4. The number of nitrogens with two attached hydrogens (primary N) is 1. The Morgan fingerprint density at radius 2 is 1.35 bits per heavy atom. The largest absolute Gasteiger partial charge is 0.507 e. The van der Waals surface area contributed by atoms with Crippen molar-refractivity contribution in [2.45, 2.75) is 0 Å². The Hall–Kier alpha value is -3.80. The number of hydrogen-bond acceptors (Lipinski definition) is 6. The minimum atomic E-state index is -0.132. The lowest BCUT2D eigenvalue weighted by molar-refractivity contribution is 0.471. The highest BCUT2D eigenvalue weighted by molar-refractivity contribution is 6.07. The molecule has 0 saturated carbocycles. The molecule has 0 aliphatic carbocycles. The molecule has 7 N–H and O–H groups in total. The molecule has 0 fully saturated rings. The second kappa shape index (κ2) is 5.63. The molecule has 0 aliphatic heterocycles. The molecule has 4 aromatic carbocycles. The molecule has 6 heteroatoms. The van der Waals surface area contributed by atoms with Crippen LogP contribution in [0.4, 0.5) is 17.1 Å². The molecule has 0 saturated heterocycles.